The van der Waals surface area contributed by atoms with E-state index < -0.39 is 10.0 Å². The summed E-state index contributed by atoms with van der Waals surface area (Å²) in [4.78, 5) is 13.7. The molecule has 184 valence electrons. The van der Waals surface area contributed by atoms with Gasteiger partial charge in [0.05, 0.1) is 10.9 Å². The highest BCUT2D eigenvalue weighted by Crippen LogP contribution is 2.42. The third-order valence-electron chi connectivity index (χ3n) is 7.45. The fourth-order valence-electron chi connectivity index (χ4n) is 5.10. The Morgan fingerprint density at radius 1 is 1.06 bits per heavy atom. The molecule has 0 saturated carbocycles. The Morgan fingerprint density at radius 3 is 2.41 bits per heavy atom. The molecule has 0 unspecified atom stereocenters. The summed E-state index contributed by atoms with van der Waals surface area (Å²) in [5, 5.41) is 3.20. The second kappa shape index (κ2) is 10.1. The van der Waals surface area contributed by atoms with Crippen molar-refractivity contribution in [1.29, 1.82) is 0 Å². The second-order valence-corrected chi connectivity index (χ2v) is 11.5. The highest BCUT2D eigenvalue weighted by atomic mass is 32.2. The summed E-state index contributed by atoms with van der Waals surface area (Å²) < 4.78 is 34.6. The molecule has 0 bridgehead atoms. The molecule has 2 heterocycles. The van der Waals surface area contributed by atoms with Crippen molar-refractivity contribution in [2.75, 3.05) is 13.1 Å². The van der Waals surface area contributed by atoms with Gasteiger partial charge in [0.2, 0.25) is 10.0 Å². The lowest BCUT2D eigenvalue weighted by atomic mass is 9.83. The molecule has 7 heteroatoms. The average molecular weight is 485 g/mol. The number of fused-ring (bicyclic) bond motifs is 1. The Bertz CT molecular complexity index is 1130. The lowest BCUT2D eigenvalue weighted by Gasteiger charge is -2.41. The van der Waals surface area contributed by atoms with Gasteiger partial charge in [-0.25, -0.2) is 8.42 Å². The zero-order valence-electron chi connectivity index (χ0n) is 20.5. The largest absolute Gasteiger partial charge is 0.487 e. The van der Waals surface area contributed by atoms with E-state index in [9.17, 15) is 13.2 Å². The van der Waals surface area contributed by atoms with Crippen molar-refractivity contribution in [2.45, 2.75) is 82.3 Å². The molecule has 1 N–H and O–H groups in total. The van der Waals surface area contributed by atoms with Gasteiger partial charge >= 0.3 is 0 Å². The highest BCUT2D eigenvalue weighted by molar-refractivity contribution is 7.89. The van der Waals surface area contributed by atoms with Gasteiger partial charge in [-0.1, -0.05) is 51.0 Å². The van der Waals surface area contributed by atoms with E-state index in [0.29, 0.717) is 25.1 Å². The predicted molar refractivity (Wildman–Crippen MR) is 134 cm³/mol. The fourth-order valence-corrected chi connectivity index (χ4v) is 6.65. The minimum Gasteiger partial charge on any atom is -0.487 e. The first kappa shape index (κ1) is 24.7. The number of nitrogens with one attached hydrogen (secondary N) is 1. The maximum absolute atomic E-state index is 13.5. The third kappa shape index (κ3) is 4.86. The number of nitrogens with zero attached hydrogens (tertiary/aromatic N) is 1. The summed E-state index contributed by atoms with van der Waals surface area (Å²) >= 11 is 0. The minimum atomic E-state index is -3.63. The van der Waals surface area contributed by atoms with E-state index in [-0.39, 0.29) is 22.4 Å². The van der Waals surface area contributed by atoms with Crippen LogP contribution >= 0.6 is 0 Å². The van der Waals surface area contributed by atoms with Crippen molar-refractivity contribution in [1.82, 2.24) is 9.62 Å². The van der Waals surface area contributed by atoms with Gasteiger partial charge in [-0.3, -0.25) is 4.79 Å². The first-order chi connectivity index (χ1) is 16.3. The van der Waals surface area contributed by atoms with E-state index in [1.807, 2.05) is 31.2 Å². The van der Waals surface area contributed by atoms with Crippen LogP contribution < -0.4 is 10.1 Å². The molecule has 2 aliphatic heterocycles. The van der Waals surface area contributed by atoms with Crippen molar-refractivity contribution in [3.63, 3.8) is 0 Å². The van der Waals surface area contributed by atoms with Crippen LogP contribution in [0.15, 0.2) is 47.4 Å². The van der Waals surface area contributed by atoms with Crippen LogP contribution in [0.25, 0.3) is 0 Å². The van der Waals surface area contributed by atoms with Crippen LogP contribution in [0.3, 0.4) is 0 Å². The molecule has 0 radical (unpaired) electrons. The number of amides is 1. The van der Waals surface area contributed by atoms with Crippen molar-refractivity contribution < 1.29 is 17.9 Å². The number of rotatable bonds is 6. The van der Waals surface area contributed by atoms with E-state index >= 15 is 0 Å². The maximum Gasteiger partial charge on any atom is 0.252 e. The van der Waals surface area contributed by atoms with Crippen LogP contribution in [0, 0.1) is 6.92 Å². The quantitative estimate of drug-likeness (QED) is 0.598. The van der Waals surface area contributed by atoms with E-state index in [2.05, 4.69) is 19.2 Å². The second-order valence-electron chi connectivity index (χ2n) is 9.56. The molecule has 2 aliphatic rings. The third-order valence-corrected chi connectivity index (χ3v) is 9.34. The molecule has 6 nitrogen and oxygen atoms in total. The maximum atomic E-state index is 13.5. The lowest BCUT2D eigenvalue weighted by Crippen LogP contribution is -2.44. The molecule has 4 rings (SSSR count). The van der Waals surface area contributed by atoms with Crippen LogP contribution in [0.1, 0.15) is 86.3 Å². The molecule has 2 aromatic carbocycles. The molecular weight excluding hydrogens is 448 g/mol. The normalized spacial score (nSPS) is 20.6. The Kier molecular flexibility index (Phi) is 7.33. The van der Waals surface area contributed by atoms with E-state index in [4.69, 9.17) is 4.74 Å². The lowest BCUT2D eigenvalue weighted by molar-refractivity contribution is 0.0227. The highest BCUT2D eigenvalue weighted by Gasteiger charge is 2.39. The number of hydrogen-bond donors (Lipinski definition) is 1. The first-order valence-electron chi connectivity index (χ1n) is 12.5. The summed E-state index contributed by atoms with van der Waals surface area (Å²) in [6.07, 6.45) is 6.21. The zero-order valence-corrected chi connectivity index (χ0v) is 21.3. The molecule has 0 aromatic heterocycles. The van der Waals surface area contributed by atoms with Crippen LogP contribution in [-0.4, -0.2) is 37.3 Å². The molecule has 0 spiro atoms. The number of benzene rings is 2. The molecular formula is C27H36N2O4S. The monoisotopic (exact) mass is 484 g/mol. The fraction of sp³-hybridized carbons (Fsp3) is 0.519. The smallest absolute Gasteiger partial charge is 0.252 e. The van der Waals surface area contributed by atoms with Gasteiger partial charge in [-0.2, -0.15) is 4.31 Å². The number of hydrogen-bond acceptors (Lipinski definition) is 4. The van der Waals surface area contributed by atoms with Crippen molar-refractivity contribution in [3.8, 4) is 5.75 Å². The average Bonchev–Trinajstić information content (AvgIpc) is 3.14. The van der Waals surface area contributed by atoms with Gasteiger partial charge in [0.15, 0.2) is 0 Å². The Labute approximate surface area is 203 Å². The molecule has 0 aliphatic carbocycles. The van der Waals surface area contributed by atoms with Gasteiger partial charge in [-0.05, 0) is 56.4 Å². The van der Waals surface area contributed by atoms with Crippen LogP contribution in [0.4, 0.5) is 0 Å². The molecule has 2 aromatic rings. The standard InChI is InChI=1S/C27H36N2O4S/c1-4-27(5-2)19-24(22-12-8-9-13-25(22)33-27)28-26(30)23-18-21(15-14-20(23)3)34(31,32)29-16-10-6-7-11-17-29/h8-9,12-15,18,24H,4-7,10-11,16-17,19H2,1-3H3,(H,28,30)/t24-/m0/s1. The van der Waals surface area contributed by atoms with Crippen LogP contribution in [0.2, 0.25) is 0 Å². The first-order valence-corrected chi connectivity index (χ1v) is 13.9. The van der Waals surface area contributed by atoms with Gasteiger partial charge in [0.25, 0.3) is 5.91 Å². The molecule has 1 atom stereocenters. The summed E-state index contributed by atoms with van der Waals surface area (Å²) in [5.74, 6) is 0.546. The summed E-state index contributed by atoms with van der Waals surface area (Å²) in [6.45, 7) is 7.13. The van der Waals surface area contributed by atoms with E-state index in [1.165, 1.54) is 0 Å². The number of ether oxygens (including phenoxy) is 1. The molecule has 34 heavy (non-hydrogen) atoms. The van der Waals surface area contributed by atoms with Crippen molar-refractivity contribution >= 4 is 15.9 Å². The molecule has 1 saturated heterocycles. The van der Waals surface area contributed by atoms with E-state index in [0.717, 1.165) is 55.4 Å². The minimum absolute atomic E-state index is 0.189. The van der Waals surface area contributed by atoms with Gasteiger partial charge in [0.1, 0.15) is 11.4 Å². The Morgan fingerprint density at radius 2 is 1.74 bits per heavy atom. The summed E-state index contributed by atoms with van der Waals surface area (Å²) in [7, 11) is -3.63. The van der Waals surface area contributed by atoms with Crippen molar-refractivity contribution in [2.24, 2.45) is 0 Å². The summed E-state index contributed by atoms with van der Waals surface area (Å²) in [5.41, 5.74) is 1.78. The predicted octanol–water partition coefficient (Wildman–Crippen LogP) is 5.37. The van der Waals surface area contributed by atoms with E-state index in [1.54, 1.807) is 22.5 Å². The van der Waals surface area contributed by atoms with Gasteiger partial charge in [0, 0.05) is 30.6 Å². The number of aryl methyl sites for hydroxylation is 1. The Hall–Kier alpha value is -2.38. The Balaban J connectivity index is 1.62. The van der Waals surface area contributed by atoms with Crippen LogP contribution in [-0.2, 0) is 10.0 Å². The number of sulfonamides is 1. The molecule has 1 amide bonds. The van der Waals surface area contributed by atoms with Crippen molar-refractivity contribution in [3.05, 3.63) is 59.2 Å². The SMILES string of the molecule is CCC1(CC)C[C@H](NC(=O)c2cc(S(=O)(=O)N3CCCCCC3)ccc2C)c2ccccc2O1. The number of carbonyl (C=O) groups excluding carboxylic acids is 1. The number of carbonyl (C=O) groups is 1. The number of para-hydroxylation sites is 1. The topological polar surface area (TPSA) is 75.7 Å². The van der Waals surface area contributed by atoms with Gasteiger partial charge < -0.3 is 10.1 Å². The summed E-state index contributed by atoms with van der Waals surface area (Å²) in [6, 6.07) is 12.5. The van der Waals surface area contributed by atoms with Crippen LogP contribution in [0.5, 0.6) is 5.75 Å². The van der Waals surface area contributed by atoms with Gasteiger partial charge in [-0.15, -0.1) is 0 Å². The molecule has 1 fully saturated rings. The zero-order chi connectivity index (χ0) is 24.3.